The van der Waals surface area contributed by atoms with E-state index in [-0.39, 0.29) is 17.4 Å². The van der Waals surface area contributed by atoms with Crippen LogP contribution in [0, 0.1) is 11.6 Å². The molecule has 0 atom stereocenters. The van der Waals surface area contributed by atoms with Crippen LogP contribution in [0.2, 0.25) is 0 Å². The summed E-state index contributed by atoms with van der Waals surface area (Å²) in [6.45, 7) is 0. The standard InChI is InChI=1S/C27H18F2N2O/c28-21-11-5-19(6-12-21)9-15-25-23(3-1-17-30-25)27(32)24-4-2-18-31-26(24)16-10-20-7-13-22(29)14-8-20/h1-18H. The van der Waals surface area contributed by atoms with Gasteiger partial charge in [-0.1, -0.05) is 36.4 Å². The fraction of sp³-hybridized carbons (Fsp3) is 0. The van der Waals surface area contributed by atoms with Crippen LogP contribution in [0.15, 0.2) is 85.2 Å². The van der Waals surface area contributed by atoms with Crippen LogP contribution in [0.1, 0.15) is 38.4 Å². The molecule has 0 amide bonds. The fourth-order valence-corrected chi connectivity index (χ4v) is 3.13. The van der Waals surface area contributed by atoms with Crippen molar-refractivity contribution in [2.75, 3.05) is 0 Å². The maximum absolute atomic E-state index is 13.4. The Labute approximate surface area is 184 Å². The number of hydrogen-bond acceptors (Lipinski definition) is 3. The number of ketones is 1. The second kappa shape index (κ2) is 9.71. The molecule has 0 spiro atoms. The number of aromatic nitrogens is 2. The normalized spacial score (nSPS) is 11.3. The fourth-order valence-electron chi connectivity index (χ4n) is 3.13. The topological polar surface area (TPSA) is 42.9 Å². The molecule has 2 heterocycles. The zero-order valence-electron chi connectivity index (χ0n) is 17.0. The minimum atomic E-state index is -0.311. The molecule has 0 bridgehead atoms. The number of nitrogens with zero attached hydrogens (tertiary/aromatic N) is 2. The van der Waals surface area contributed by atoms with Crippen molar-refractivity contribution in [3.05, 3.63) is 130 Å². The highest BCUT2D eigenvalue weighted by Gasteiger charge is 2.16. The van der Waals surface area contributed by atoms with Crippen molar-refractivity contribution in [1.29, 1.82) is 0 Å². The Morgan fingerprint density at radius 1 is 0.594 bits per heavy atom. The summed E-state index contributed by atoms with van der Waals surface area (Å²) in [6.07, 6.45) is 10.2. The second-order valence-corrected chi connectivity index (χ2v) is 6.97. The first-order chi connectivity index (χ1) is 15.6. The molecule has 0 saturated heterocycles. The minimum Gasteiger partial charge on any atom is -0.288 e. The summed E-state index contributed by atoms with van der Waals surface area (Å²) in [6, 6.07) is 18.9. The number of benzene rings is 2. The Bertz CT molecular complexity index is 1190. The lowest BCUT2D eigenvalue weighted by molar-refractivity contribution is 0.103. The SMILES string of the molecule is O=C(c1cccnc1C=Cc1ccc(F)cc1)c1cccnc1C=Cc1ccc(F)cc1. The smallest absolute Gasteiger partial charge is 0.197 e. The first-order valence-corrected chi connectivity index (χ1v) is 9.92. The van der Waals surface area contributed by atoms with Crippen LogP contribution in [0.5, 0.6) is 0 Å². The average molecular weight is 424 g/mol. The molecular weight excluding hydrogens is 406 g/mol. The van der Waals surface area contributed by atoms with Crippen molar-refractivity contribution in [1.82, 2.24) is 9.97 Å². The Balaban J connectivity index is 1.64. The first kappa shape index (κ1) is 21.0. The highest BCUT2D eigenvalue weighted by atomic mass is 19.1. The number of carbonyl (C=O) groups is 1. The van der Waals surface area contributed by atoms with Crippen molar-refractivity contribution in [2.24, 2.45) is 0 Å². The molecule has 0 N–H and O–H groups in total. The second-order valence-electron chi connectivity index (χ2n) is 6.97. The quantitative estimate of drug-likeness (QED) is 0.340. The van der Waals surface area contributed by atoms with Crippen molar-refractivity contribution >= 4 is 30.1 Å². The highest BCUT2D eigenvalue weighted by Crippen LogP contribution is 2.19. The molecule has 4 aromatic rings. The van der Waals surface area contributed by atoms with Gasteiger partial charge >= 0.3 is 0 Å². The van der Waals surface area contributed by atoms with Crippen molar-refractivity contribution in [3.8, 4) is 0 Å². The maximum Gasteiger partial charge on any atom is 0.197 e. The van der Waals surface area contributed by atoms with Gasteiger partial charge in [0.25, 0.3) is 0 Å². The van der Waals surface area contributed by atoms with Gasteiger partial charge in [0, 0.05) is 23.5 Å². The van der Waals surface area contributed by atoms with E-state index in [1.54, 1.807) is 85.2 Å². The molecule has 2 aromatic carbocycles. The average Bonchev–Trinajstić information content (AvgIpc) is 2.83. The van der Waals surface area contributed by atoms with Gasteiger partial charge in [0.15, 0.2) is 5.78 Å². The van der Waals surface area contributed by atoms with Gasteiger partial charge in [0.1, 0.15) is 11.6 Å². The Morgan fingerprint density at radius 3 is 1.41 bits per heavy atom. The third-order valence-electron chi connectivity index (χ3n) is 4.77. The molecule has 0 saturated carbocycles. The Morgan fingerprint density at radius 2 is 1.00 bits per heavy atom. The maximum atomic E-state index is 13.4. The van der Waals surface area contributed by atoms with Crippen LogP contribution in [-0.4, -0.2) is 15.8 Å². The van der Waals surface area contributed by atoms with E-state index in [2.05, 4.69) is 9.97 Å². The van der Waals surface area contributed by atoms with Gasteiger partial charge in [0.2, 0.25) is 0 Å². The van der Waals surface area contributed by atoms with Gasteiger partial charge in [0.05, 0.1) is 11.4 Å². The molecule has 4 rings (SSSR count). The summed E-state index contributed by atoms with van der Waals surface area (Å²) in [5.74, 6) is -0.842. The molecular formula is C27H18F2N2O. The molecule has 5 heteroatoms. The van der Waals surface area contributed by atoms with Crippen LogP contribution in [-0.2, 0) is 0 Å². The molecule has 156 valence electrons. The molecule has 2 aromatic heterocycles. The van der Waals surface area contributed by atoms with Crippen molar-refractivity contribution in [2.45, 2.75) is 0 Å². The van der Waals surface area contributed by atoms with E-state index in [9.17, 15) is 13.6 Å². The van der Waals surface area contributed by atoms with Gasteiger partial charge in [-0.05, 0) is 71.8 Å². The number of carbonyl (C=O) groups excluding carboxylic acids is 1. The van der Waals surface area contributed by atoms with E-state index in [4.69, 9.17) is 0 Å². The summed E-state index contributed by atoms with van der Waals surface area (Å²) in [4.78, 5) is 22.0. The van der Waals surface area contributed by atoms with E-state index in [1.807, 2.05) is 0 Å². The van der Waals surface area contributed by atoms with E-state index < -0.39 is 0 Å². The van der Waals surface area contributed by atoms with Gasteiger partial charge in [-0.15, -0.1) is 0 Å². The van der Waals surface area contributed by atoms with Gasteiger partial charge in [-0.2, -0.15) is 0 Å². The number of rotatable bonds is 6. The van der Waals surface area contributed by atoms with Gasteiger partial charge in [-0.3, -0.25) is 14.8 Å². The van der Waals surface area contributed by atoms with E-state index in [1.165, 1.54) is 24.3 Å². The largest absolute Gasteiger partial charge is 0.288 e. The molecule has 32 heavy (non-hydrogen) atoms. The van der Waals surface area contributed by atoms with E-state index in [0.29, 0.717) is 22.5 Å². The summed E-state index contributed by atoms with van der Waals surface area (Å²) < 4.78 is 26.3. The third-order valence-corrected chi connectivity index (χ3v) is 4.77. The number of halogens is 2. The zero-order chi connectivity index (χ0) is 22.3. The molecule has 0 radical (unpaired) electrons. The number of pyridine rings is 2. The minimum absolute atomic E-state index is 0.219. The summed E-state index contributed by atoms with van der Waals surface area (Å²) in [5.41, 5.74) is 3.43. The zero-order valence-corrected chi connectivity index (χ0v) is 17.0. The van der Waals surface area contributed by atoms with Gasteiger partial charge in [-0.25, -0.2) is 8.78 Å². The summed E-state index contributed by atoms with van der Waals surface area (Å²) >= 11 is 0. The summed E-state index contributed by atoms with van der Waals surface area (Å²) in [7, 11) is 0. The first-order valence-electron chi connectivity index (χ1n) is 9.92. The molecule has 3 nitrogen and oxygen atoms in total. The third kappa shape index (κ3) is 5.08. The highest BCUT2D eigenvalue weighted by molar-refractivity contribution is 6.12. The number of hydrogen-bond donors (Lipinski definition) is 0. The van der Waals surface area contributed by atoms with Crippen LogP contribution < -0.4 is 0 Å². The lowest BCUT2D eigenvalue weighted by atomic mass is 9.99. The molecule has 0 aliphatic heterocycles. The predicted octanol–water partition coefficient (Wildman–Crippen LogP) is 6.33. The lowest BCUT2D eigenvalue weighted by Gasteiger charge is -2.07. The van der Waals surface area contributed by atoms with E-state index in [0.717, 1.165) is 11.1 Å². The predicted molar refractivity (Wildman–Crippen MR) is 123 cm³/mol. The monoisotopic (exact) mass is 424 g/mol. The Kier molecular flexibility index (Phi) is 6.37. The molecule has 0 aliphatic carbocycles. The summed E-state index contributed by atoms with van der Waals surface area (Å²) in [5, 5.41) is 0. The lowest BCUT2D eigenvalue weighted by Crippen LogP contribution is -2.07. The van der Waals surface area contributed by atoms with Crippen molar-refractivity contribution < 1.29 is 13.6 Å². The molecule has 0 aliphatic rings. The van der Waals surface area contributed by atoms with Crippen LogP contribution >= 0.6 is 0 Å². The molecule has 0 fully saturated rings. The van der Waals surface area contributed by atoms with Gasteiger partial charge < -0.3 is 0 Å². The molecule has 0 unspecified atom stereocenters. The van der Waals surface area contributed by atoms with Crippen LogP contribution in [0.3, 0.4) is 0 Å². The van der Waals surface area contributed by atoms with E-state index >= 15 is 0 Å². The van der Waals surface area contributed by atoms with Crippen molar-refractivity contribution in [3.63, 3.8) is 0 Å². The van der Waals surface area contributed by atoms with Crippen LogP contribution in [0.25, 0.3) is 24.3 Å². The van der Waals surface area contributed by atoms with Crippen LogP contribution in [0.4, 0.5) is 8.78 Å². The Hall–Kier alpha value is -4.25.